The second-order valence-electron chi connectivity index (χ2n) is 2.86. The second kappa shape index (κ2) is 4.35. The van der Waals surface area contributed by atoms with Crippen molar-refractivity contribution in [3.05, 3.63) is 28.0 Å². The minimum absolute atomic E-state index is 0.258. The van der Waals surface area contributed by atoms with Crippen LogP contribution in [0.2, 0.25) is 0 Å². The van der Waals surface area contributed by atoms with Crippen LogP contribution in [0.25, 0.3) is 0 Å². The Bertz CT molecular complexity index is 343. The maximum Gasteiger partial charge on any atom is 0.110 e. The molecular weight excluding hydrogens is 230 g/mol. The van der Waals surface area contributed by atoms with E-state index < -0.39 is 0 Å². The number of nitrogens with two attached hydrogens (primary N) is 1. The topological polar surface area (TPSA) is 62.7 Å². The molecule has 1 aromatic heterocycles. The van der Waals surface area contributed by atoms with E-state index in [9.17, 15) is 0 Å². The molecule has 0 unspecified atom stereocenters. The fourth-order valence-corrected chi connectivity index (χ4v) is 1.55. The Balaban J connectivity index is 3.00. The number of nitrogens with zero attached hydrogens (tertiary/aromatic N) is 2. The van der Waals surface area contributed by atoms with Crippen LogP contribution < -0.4 is 5.73 Å². The van der Waals surface area contributed by atoms with Crippen molar-refractivity contribution in [2.45, 2.75) is 19.4 Å². The summed E-state index contributed by atoms with van der Waals surface area (Å²) in [7, 11) is 0. The van der Waals surface area contributed by atoms with Crippen molar-refractivity contribution < 1.29 is 0 Å². The van der Waals surface area contributed by atoms with Crippen LogP contribution in [0.4, 0.5) is 0 Å². The zero-order chi connectivity index (χ0) is 9.84. The third kappa shape index (κ3) is 2.51. The molecule has 1 heterocycles. The maximum absolute atomic E-state index is 8.49. The molecule has 0 spiro atoms. The molecule has 0 bridgehead atoms. The van der Waals surface area contributed by atoms with Gasteiger partial charge in [-0.25, -0.2) is 4.98 Å². The summed E-state index contributed by atoms with van der Waals surface area (Å²) < 4.78 is 0.723. The van der Waals surface area contributed by atoms with Gasteiger partial charge in [0.25, 0.3) is 0 Å². The summed E-state index contributed by atoms with van der Waals surface area (Å²) in [4.78, 5) is 4.11. The number of rotatable bonds is 2. The van der Waals surface area contributed by atoms with Crippen LogP contribution in [0.3, 0.4) is 0 Å². The number of nitriles is 1. The fraction of sp³-hybridized carbons (Fsp3) is 0.333. The number of aromatic nitrogens is 1. The molecule has 0 aliphatic rings. The van der Waals surface area contributed by atoms with Gasteiger partial charge in [-0.2, -0.15) is 5.26 Å². The summed E-state index contributed by atoms with van der Waals surface area (Å²) in [6, 6.07) is 3.72. The molecule has 0 saturated carbocycles. The Kier molecular flexibility index (Phi) is 3.40. The summed E-state index contributed by atoms with van der Waals surface area (Å²) in [5, 5.41) is 8.49. The highest BCUT2D eigenvalue weighted by Gasteiger charge is 2.10. The molecule has 1 rings (SSSR count). The lowest BCUT2D eigenvalue weighted by Gasteiger charge is -2.09. The fourth-order valence-electron chi connectivity index (χ4n) is 1.04. The molecule has 0 aliphatic carbocycles. The van der Waals surface area contributed by atoms with Gasteiger partial charge in [-0.05, 0) is 28.4 Å². The Morgan fingerprint density at radius 1 is 1.77 bits per heavy atom. The minimum atomic E-state index is -0.258. The van der Waals surface area contributed by atoms with Crippen LogP contribution in [0.15, 0.2) is 16.9 Å². The first-order valence-corrected chi connectivity index (χ1v) is 4.69. The highest BCUT2D eigenvalue weighted by Crippen LogP contribution is 2.22. The van der Waals surface area contributed by atoms with E-state index in [1.54, 1.807) is 6.20 Å². The Hall–Kier alpha value is -0.920. The molecule has 0 fully saturated rings. The number of hydrogen-bond acceptors (Lipinski definition) is 3. The minimum Gasteiger partial charge on any atom is -0.323 e. The molecular formula is C9H10BrN3. The quantitative estimate of drug-likeness (QED) is 0.805. The molecule has 0 amide bonds. The lowest BCUT2D eigenvalue weighted by molar-refractivity contribution is 0.737. The highest BCUT2D eigenvalue weighted by molar-refractivity contribution is 9.10. The smallest absolute Gasteiger partial charge is 0.110 e. The normalized spacial score (nSPS) is 12.2. The van der Waals surface area contributed by atoms with Crippen LogP contribution in [0, 0.1) is 18.3 Å². The van der Waals surface area contributed by atoms with Gasteiger partial charge in [0.2, 0.25) is 0 Å². The van der Waals surface area contributed by atoms with E-state index >= 15 is 0 Å². The predicted molar refractivity (Wildman–Crippen MR) is 53.8 cm³/mol. The van der Waals surface area contributed by atoms with E-state index in [0.717, 1.165) is 15.7 Å². The maximum atomic E-state index is 8.49. The van der Waals surface area contributed by atoms with Crippen LogP contribution in [-0.2, 0) is 0 Å². The van der Waals surface area contributed by atoms with E-state index in [1.807, 2.05) is 19.1 Å². The van der Waals surface area contributed by atoms with Crippen molar-refractivity contribution in [1.29, 1.82) is 5.26 Å². The SMILES string of the molecule is Cc1cnc(Br)c([C@@H](N)CC#N)c1. The molecule has 1 atom stereocenters. The van der Waals surface area contributed by atoms with Gasteiger partial charge >= 0.3 is 0 Å². The average molecular weight is 240 g/mol. The van der Waals surface area contributed by atoms with E-state index in [-0.39, 0.29) is 6.04 Å². The summed E-state index contributed by atoms with van der Waals surface area (Å²) in [5.41, 5.74) is 7.72. The van der Waals surface area contributed by atoms with Crippen molar-refractivity contribution in [2.75, 3.05) is 0 Å². The third-order valence-electron chi connectivity index (χ3n) is 1.71. The lowest BCUT2D eigenvalue weighted by Crippen LogP contribution is -2.10. The highest BCUT2D eigenvalue weighted by atomic mass is 79.9. The van der Waals surface area contributed by atoms with E-state index in [4.69, 9.17) is 11.0 Å². The van der Waals surface area contributed by atoms with Crippen LogP contribution in [0.5, 0.6) is 0 Å². The van der Waals surface area contributed by atoms with Gasteiger partial charge in [0, 0.05) is 17.8 Å². The van der Waals surface area contributed by atoms with E-state index in [2.05, 4.69) is 20.9 Å². The van der Waals surface area contributed by atoms with Crippen molar-refractivity contribution in [3.8, 4) is 6.07 Å². The molecule has 1 aromatic rings. The number of aryl methyl sites for hydroxylation is 1. The lowest BCUT2D eigenvalue weighted by atomic mass is 10.1. The number of hydrogen-bond donors (Lipinski definition) is 1. The van der Waals surface area contributed by atoms with Gasteiger partial charge in [0.15, 0.2) is 0 Å². The number of pyridine rings is 1. The molecule has 4 heteroatoms. The molecule has 0 saturated heterocycles. The van der Waals surface area contributed by atoms with Crippen molar-refractivity contribution >= 4 is 15.9 Å². The van der Waals surface area contributed by atoms with Gasteiger partial charge in [0.1, 0.15) is 4.60 Å². The summed E-state index contributed by atoms with van der Waals surface area (Å²) in [6.45, 7) is 1.95. The Morgan fingerprint density at radius 3 is 3.08 bits per heavy atom. The van der Waals surface area contributed by atoms with Crippen molar-refractivity contribution in [2.24, 2.45) is 5.73 Å². The zero-order valence-electron chi connectivity index (χ0n) is 7.29. The zero-order valence-corrected chi connectivity index (χ0v) is 8.87. The van der Waals surface area contributed by atoms with Crippen molar-refractivity contribution in [1.82, 2.24) is 4.98 Å². The molecule has 2 N–H and O–H groups in total. The van der Waals surface area contributed by atoms with Gasteiger partial charge in [0.05, 0.1) is 12.5 Å². The van der Waals surface area contributed by atoms with Gasteiger partial charge in [-0.1, -0.05) is 6.07 Å². The average Bonchev–Trinajstić information content (AvgIpc) is 2.09. The Labute approximate surface area is 85.7 Å². The Morgan fingerprint density at radius 2 is 2.46 bits per heavy atom. The molecule has 68 valence electrons. The molecule has 0 aliphatic heterocycles. The van der Waals surface area contributed by atoms with Crippen LogP contribution >= 0.6 is 15.9 Å². The predicted octanol–water partition coefficient (Wildman–Crippen LogP) is 2.07. The molecule has 0 radical (unpaired) electrons. The van der Waals surface area contributed by atoms with Gasteiger partial charge in [-0.3, -0.25) is 0 Å². The van der Waals surface area contributed by atoms with E-state index in [1.165, 1.54) is 0 Å². The first-order chi connectivity index (χ1) is 6.15. The summed E-state index contributed by atoms with van der Waals surface area (Å²) in [6.07, 6.45) is 2.07. The van der Waals surface area contributed by atoms with Gasteiger partial charge in [-0.15, -0.1) is 0 Å². The summed E-state index contributed by atoms with van der Waals surface area (Å²) >= 11 is 3.30. The standard InChI is InChI=1S/C9H10BrN3/c1-6-4-7(8(12)2-3-11)9(10)13-5-6/h4-5,8H,2,12H2,1H3/t8-/m0/s1. The third-order valence-corrected chi connectivity index (χ3v) is 2.38. The first-order valence-electron chi connectivity index (χ1n) is 3.89. The number of halogens is 1. The van der Waals surface area contributed by atoms with Crippen LogP contribution in [0.1, 0.15) is 23.6 Å². The van der Waals surface area contributed by atoms with Crippen LogP contribution in [-0.4, -0.2) is 4.98 Å². The second-order valence-corrected chi connectivity index (χ2v) is 3.61. The molecule has 0 aromatic carbocycles. The largest absolute Gasteiger partial charge is 0.323 e. The van der Waals surface area contributed by atoms with E-state index in [0.29, 0.717) is 6.42 Å². The van der Waals surface area contributed by atoms with Crippen molar-refractivity contribution in [3.63, 3.8) is 0 Å². The van der Waals surface area contributed by atoms with Gasteiger partial charge < -0.3 is 5.73 Å². The first kappa shape index (κ1) is 10.2. The molecule has 3 nitrogen and oxygen atoms in total. The summed E-state index contributed by atoms with van der Waals surface area (Å²) in [5.74, 6) is 0. The monoisotopic (exact) mass is 239 g/mol. The molecule has 13 heavy (non-hydrogen) atoms.